The molecule has 0 unspecified atom stereocenters. The van der Waals surface area contributed by atoms with Crippen LogP contribution in [0.3, 0.4) is 0 Å². The van der Waals surface area contributed by atoms with Crippen molar-refractivity contribution in [3.05, 3.63) is 36.7 Å². The Hall–Kier alpha value is -2.38. The molecule has 0 amide bonds. The zero-order valence-corrected chi connectivity index (χ0v) is 10.3. The van der Waals surface area contributed by atoms with Crippen LogP contribution < -0.4 is 15.2 Å². The van der Waals surface area contributed by atoms with Gasteiger partial charge in [-0.25, -0.2) is 0 Å². The molecule has 0 atom stereocenters. The first-order valence-corrected chi connectivity index (χ1v) is 5.69. The Balaban J connectivity index is 1.82. The highest BCUT2D eigenvalue weighted by atomic mass is 19.4. The van der Waals surface area contributed by atoms with Crippen molar-refractivity contribution in [3.63, 3.8) is 0 Å². The van der Waals surface area contributed by atoms with Gasteiger partial charge in [-0.3, -0.25) is 4.68 Å². The highest BCUT2D eigenvalue weighted by molar-refractivity contribution is 5.31. The summed E-state index contributed by atoms with van der Waals surface area (Å²) in [6.07, 6.45) is -1.52. The number of nitrogen functional groups attached to an aromatic ring is 1. The molecule has 0 saturated carbocycles. The van der Waals surface area contributed by atoms with E-state index in [0.29, 0.717) is 24.6 Å². The largest absolute Gasteiger partial charge is 0.573 e. The van der Waals surface area contributed by atoms with Crippen LogP contribution in [0.2, 0.25) is 0 Å². The lowest BCUT2D eigenvalue weighted by atomic mass is 10.3. The fourth-order valence-electron chi connectivity index (χ4n) is 1.50. The van der Waals surface area contributed by atoms with Crippen molar-refractivity contribution < 1.29 is 22.6 Å². The SMILES string of the molecule is Nc1cnn(CCOc2ccc(OC(F)(F)F)cc2)c1. The molecule has 0 fully saturated rings. The number of nitrogens with zero attached hydrogens (tertiary/aromatic N) is 2. The van der Waals surface area contributed by atoms with Crippen LogP contribution in [-0.2, 0) is 6.54 Å². The lowest BCUT2D eigenvalue weighted by molar-refractivity contribution is -0.274. The van der Waals surface area contributed by atoms with Crippen molar-refractivity contribution in [1.82, 2.24) is 9.78 Å². The van der Waals surface area contributed by atoms with Crippen molar-refractivity contribution in [3.8, 4) is 11.5 Å². The van der Waals surface area contributed by atoms with Crippen molar-refractivity contribution in [2.24, 2.45) is 0 Å². The molecule has 0 saturated heterocycles. The molecule has 2 aromatic rings. The standard InChI is InChI=1S/C12H12F3N3O2/c13-12(14,15)20-11-3-1-10(2-4-11)19-6-5-18-8-9(16)7-17-18/h1-4,7-8H,5-6,16H2. The molecule has 0 aliphatic carbocycles. The van der Waals surface area contributed by atoms with Crippen molar-refractivity contribution in [1.29, 1.82) is 0 Å². The van der Waals surface area contributed by atoms with E-state index in [4.69, 9.17) is 10.5 Å². The third-order valence-electron chi connectivity index (χ3n) is 2.30. The minimum atomic E-state index is -4.69. The number of aromatic nitrogens is 2. The van der Waals surface area contributed by atoms with Gasteiger partial charge in [0.05, 0.1) is 18.4 Å². The summed E-state index contributed by atoms with van der Waals surface area (Å²) in [5.74, 6) is 0.157. The Bertz CT molecular complexity index is 552. The molecule has 5 nitrogen and oxygen atoms in total. The van der Waals surface area contributed by atoms with Crippen molar-refractivity contribution in [2.45, 2.75) is 12.9 Å². The molecule has 0 radical (unpaired) electrons. The summed E-state index contributed by atoms with van der Waals surface area (Å²) < 4.78 is 46.6. The number of ether oxygens (including phenoxy) is 2. The summed E-state index contributed by atoms with van der Waals surface area (Å²) in [4.78, 5) is 0. The number of benzene rings is 1. The van der Waals surface area contributed by atoms with E-state index in [-0.39, 0.29) is 5.75 Å². The highest BCUT2D eigenvalue weighted by Crippen LogP contribution is 2.24. The predicted octanol–water partition coefficient (Wildman–Crippen LogP) is 2.44. The summed E-state index contributed by atoms with van der Waals surface area (Å²) in [6, 6.07) is 5.18. The van der Waals surface area contributed by atoms with Gasteiger partial charge in [0.2, 0.25) is 0 Å². The van der Waals surface area contributed by atoms with Crippen LogP contribution in [0.15, 0.2) is 36.7 Å². The van der Waals surface area contributed by atoms with Gasteiger partial charge in [0.1, 0.15) is 18.1 Å². The Morgan fingerprint density at radius 3 is 2.35 bits per heavy atom. The summed E-state index contributed by atoms with van der Waals surface area (Å²) >= 11 is 0. The monoisotopic (exact) mass is 287 g/mol. The molecular formula is C12H12F3N3O2. The first-order valence-electron chi connectivity index (χ1n) is 5.69. The number of hydrogen-bond donors (Lipinski definition) is 1. The van der Waals surface area contributed by atoms with Gasteiger partial charge < -0.3 is 15.2 Å². The van der Waals surface area contributed by atoms with E-state index in [1.807, 2.05) is 0 Å². The van der Waals surface area contributed by atoms with Gasteiger partial charge in [-0.1, -0.05) is 0 Å². The van der Waals surface area contributed by atoms with E-state index in [9.17, 15) is 13.2 Å². The van der Waals surface area contributed by atoms with Crippen molar-refractivity contribution in [2.75, 3.05) is 12.3 Å². The fourth-order valence-corrected chi connectivity index (χ4v) is 1.50. The van der Waals surface area contributed by atoms with Crippen LogP contribution in [-0.4, -0.2) is 22.7 Å². The second kappa shape index (κ2) is 5.72. The lowest BCUT2D eigenvalue weighted by Crippen LogP contribution is -2.17. The van der Waals surface area contributed by atoms with Crippen LogP contribution in [0.1, 0.15) is 0 Å². The van der Waals surface area contributed by atoms with Gasteiger partial charge in [-0.15, -0.1) is 13.2 Å². The third-order valence-corrected chi connectivity index (χ3v) is 2.30. The maximum atomic E-state index is 12.0. The molecule has 0 bridgehead atoms. The smallest absolute Gasteiger partial charge is 0.492 e. The molecule has 8 heteroatoms. The van der Waals surface area contributed by atoms with Gasteiger partial charge in [-0.2, -0.15) is 5.10 Å². The topological polar surface area (TPSA) is 62.3 Å². The second-order valence-electron chi connectivity index (χ2n) is 3.90. The quantitative estimate of drug-likeness (QED) is 0.917. The summed E-state index contributed by atoms with van der Waals surface area (Å²) in [5, 5.41) is 3.97. The zero-order valence-electron chi connectivity index (χ0n) is 10.3. The molecule has 2 rings (SSSR count). The molecule has 1 heterocycles. The Labute approximate surface area is 112 Å². The maximum Gasteiger partial charge on any atom is 0.573 e. The number of rotatable bonds is 5. The lowest BCUT2D eigenvalue weighted by Gasteiger charge is -2.10. The minimum absolute atomic E-state index is 0.287. The van der Waals surface area contributed by atoms with Gasteiger partial charge in [-0.05, 0) is 24.3 Å². The average molecular weight is 287 g/mol. The normalized spacial score (nSPS) is 11.3. The Kier molecular flexibility index (Phi) is 4.02. The van der Waals surface area contributed by atoms with Gasteiger partial charge in [0.25, 0.3) is 0 Å². The molecule has 1 aromatic carbocycles. The van der Waals surface area contributed by atoms with Crippen LogP contribution in [0.4, 0.5) is 18.9 Å². The molecule has 0 aliphatic heterocycles. The van der Waals surface area contributed by atoms with Crippen LogP contribution in [0, 0.1) is 0 Å². The molecule has 1 aromatic heterocycles. The second-order valence-corrected chi connectivity index (χ2v) is 3.90. The third kappa shape index (κ3) is 4.38. The summed E-state index contributed by atoms with van der Waals surface area (Å²) in [7, 11) is 0. The maximum absolute atomic E-state index is 12.0. The van der Waals surface area contributed by atoms with Gasteiger partial charge >= 0.3 is 6.36 Å². The molecule has 0 aliphatic rings. The first-order chi connectivity index (χ1) is 9.42. The molecule has 20 heavy (non-hydrogen) atoms. The van der Waals surface area contributed by atoms with E-state index in [1.165, 1.54) is 30.5 Å². The first kappa shape index (κ1) is 14.0. The average Bonchev–Trinajstić information content (AvgIpc) is 2.75. The zero-order chi connectivity index (χ0) is 14.6. The van der Waals surface area contributed by atoms with Gasteiger partial charge in [0, 0.05) is 6.20 Å². The van der Waals surface area contributed by atoms with Crippen molar-refractivity contribution >= 4 is 5.69 Å². The van der Waals surface area contributed by atoms with E-state index < -0.39 is 6.36 Å². The number of hydrogen-bond acceptors (Lipinski definition) is 4. The molecule has 108 valence electrons. The Morgan fingerprint density at radius 1 is 1.15 bits per heavy atom. The van der Waals surface area contributed by atoms with E-state index >= 15 is 0 Å². The van der Waals surface area contributed by atoms with E-state index in [2.05, 4.69) is 9.84 Å². The summed E-state index contributed by atoms with van der Waals surface area (Å²) in [5.41, 5.74) is 6.05. The van der Waals surface area contributed by atoms with E-state index in [0.717, 1.165) is 0 Å². The number of nitrogens with two attached hydrogens (primary N) is 1. The summed E-state index contributed by atoms with van der Waals surface area (Å²) in [6.45, 7) is 0.804. The van der Waals surface area contributed by atoms with Crippen LogP contribution >= 0.6 is 0 Å². The fraction of sp³-hybridized carbons (Fsp3) is 0.250. The van der Waals surface area contributed by atoms with Gasteiger partial charge in [0.15, 0.2) is 0 Å². The molecule has 0 spiro atoms. The number of alkyl halides is 3. The Morgan fingerprint density at radius 2 is 1.80 bits per heavy atom. The predicted molar refractivity (Wildman–Crippen MR) is 65.3 cm³/mol. The highest BCUT2D eigenvalue weighted by Gasteiger charge is 2.30. The number of anilines is 1. The molecular weight excluding hydrogens is 275 g/mol. The van der Waals surface area contributed by atoms with E-state index in [1.54, 1.807) is 10.9 Å². The number of halogens is 3. The van der Waals surface area contributed by atoms with Crippen LogP contribution in [0.25, 0.3) is 0 Å². The minimum Gasteiger partial charge on any atom is -0.492 e. The van der Waals surface area contributed by atoms with Crippen LogP contribution in [0.5, 0.6) is 11.5 Å². The molecule has 2 N–H and O–H groups in total.